The van der Waals surface area contributed by atoms with Crippen LogP contribution in [-0.4, -0.2) is 16.9 Å². The summed E-state index contributed by atoms with van der Waals surface area (Å²) in [7, 11) is 0. The maximum absolute atomic E-state index is 12.3. The molecule has 3 N–H and O–H groups in total. The van der Waals surface area contributed by atoms with Gasteiger partial charge in [-0.1, -0.05) is 30.3 Å². The molecule has 3 aromatic rings. The van der Waals surface area contributed by atoms with Gasteiger partial charge in [-0.25, -0.2) is 0 Å². The molecule has 2 amide bonds. The molecule has 0 saturated heterocycles. The molecular weight excluding hydrogens is 336 g/mol. The van der Waals surface area contributed by atoms with Crippen molar-refractivity contribution in [2.75, 3.05) is 5.32 Å². The molecule has 0 radical (unpaired) electrons. The molecule has 5 nitrogen and oxygen atoms in total. The van der Waals surface area contributed by atoms with Crippen LogP contribution < -0.4 is 10.6 Å². The summed E-state index contributed by atoms with van der Waals surface area (Å²) in [6, 6.07) is 17.1. The van der Waals surface area contributed by atoms with Crippen molar-refractivity contribution in [3.05, 3.63) is 82.0 Å². The van der Waals surface area contributed by atoms with Crippen LogP contribution in [0.25, 0.3) is 0 Å². The molecule has 126 valence electrons. The largest absolute Gasteiger partial charge is 0.508 e. The molecule has 0 spiro atoms. The first kappa shape index (κ1) is 16.7. The molecule has 0 aliphatic heterocycles. The lowest BCUT2D eigenvalue weighted by Crippen LogP contribution is -2.23. The lowest BCUT2D eigenvalue weighted by atomic mass is 10.1. The topological polar surface area (TPSA) is 78.4 Å². The first-order valence-electron chi connectivity index (χ1n) is 7.63. The highest BCUT2D eigenvalue weighted by molar-refractivity contribution is 7.12. The van der Waals surface area contributed by atoms with Crippen molar-refractivity contribution in [1.82, 2.24) is 5.32 Å². The maximum atomic E-state index is 12.3. The second-order valence-corrected chi connectivity index (χ2v) is 6.27. The highest BCUT2D eigenvalue weighted by atomic mass is 32.1. The number of phenols is 1. The molecule has 1 heterocycles. The number of anilines is 1. The monoisotopic (exact) mass is 352 g/mol. The van der Waals surface area contributed by atoms with Gasteiger partial charge in [-0.2, -0.15) is 0 Å². The fourth-order valence-corrected chi connectivity index (χ4v) is 2.90. The molecule has 1 aromatic heterocycles. The molecule has 0 bridgehead atoms. The Bertz CT molecular complexity index is 891. The number of rotatable bonds is 5. The van der Waals surface area contributed by atoms with E-state index in [0.717, 1.165) is 0 Å². The first-order valence-corrected chi connectivity index (χ1v) is 8.51. The number of para-hydroxylation sites is 1. The average Bonchev–Trinajstić information content (AvgIpc) is 3.16. The van der Waals surface area contributed by atoms with Gasteiger partial charge < -0.3 is 15.7 Å². The van der Waals surface area contributed by atoms with Crippen molar-refractivity contribution in [1.29, 1.82) is 0 Å². The zero-order valence-corrected chi connectivity index (χ0v) is 14.0. The summed E-state index contributed by atoms with van der Waals surface area (Å²) < 4.78 is 0. The van der Waals surface area contributed by atoms with E-state index in [1.165, 1.54) is 11.3 Å². The predicted molar refractivity (Wildman–Crippen MR) is 98.0 cm³/mol. The minimum absolute atomic E-state index is 0.139. The highest BCUT2D eigenvalue weighted by Gasteiger charge is 2.10. The zero-order chi connectivity index (χ0) is 17.6. The van der Waals surface area contributed by atoms with E-state index in [2.05, 4.69) is 10.6 Å². The minimum atomic E-state index is -0.282. The standard InChI is InChI=1S/C19H16N2O3S/c22-16-8-2-1-5-14(16)12-20-18(23)13-6-3-7-15(11-13)21-19(24)17-9-4-10-25-17/h1-11,22H,12H2,(H,20,23)(H,21,24). The Morgan fingerprint density at radius 1 is 0.960 bits per heavy atom. The molecule has 0 saturated carbocycles. The highest BCUT2D eigenvalue weighted by Crippen LogP contribution is 2.17. The predicted octanol–water partition coefficient (Wildman–Crippen LogP) is 3.64. The number of hydrogen-bond acceptors (Lipinski definition) is 4. The summed E-state index contributed by atoms with van der Waals surface area (Å²) in [6.45, 7) is 0.220. The van der Waals surface area contributed by atoms with Gasteiger partial charge in [-0.15, -0.1) is 11.3 Å². The van der Waals surface area contributed by atoms with Crippen LogP contribution in [0.5, 0.6) is 5.75 Å². The first-order chi connectivity index (χ1) is 12.1. The third kappa shape index (κ3) is 4.24. The lowest BCUT2D eigenvalue weighted by molar-refractivity contribution is 0.0949. The van der Waals surface area contributed by atoms with Crippen LogP contribution in [0, 0.1) is 0 Å². The van der Waals surface area contributed by atoms with Gasteiger partial charge in [0.15, 0.2) is 0 Å². The van der Waals surface area contributed by atoms with Crippen LogP contribution >= 0.6 is 11.3 Å². The quantitative estimate of drug-likeness (QED) is 0.656. The molecule has 2 aromatic carbocycles. The van der Waals surface area contributed by atoms with Gasteiger partial charge in [0.2, 0.25) is 0 Å². The summed E-state index contributed by atoms with van der Waals surface area (Å²) in [5.41, 5.74) is 1.62. The lowest BCUT2D eigenvalue weighted by Gasteiger charge is -2.09. The summed E-state index contributed by atoms with van der Waals surface area (Å²) in [6.07, 6.45) is 0. The van der Waals surface area contributed by atoms with Gasteiger partial charge in [-0.3, -0.25) is 9.59 Å². The minimum Gasteiger partial charge on any atom is -0.508 e. The molecule has 0 atom stereocenters. The van der Waals surface area contributed by atoms with Crippen LogP contribution in [0.2, 0.25) is 0 Å². The average molecular weight is 352 g/mol. The number of nitrogens with one attached hydrogen (secondary N) is 2. The van der Waals surface area contributed by atoms with Crippen LogP contribution in [0.4, 0.5) is 5.69 Å². The smallest absolute Gasteiger partial charge is 0.265 e. The van der Waals surface area contributed by atoms with E-state index < -0.39 is 0 Å². The Kier molecular flexibility index (Phi) is 5.11. The molecule has 6 heteroatoms. The zero-order valence-electron chi connectivity index (χ0n) is 13.2. The Morgan fingerprint density at radius 2 is 1.80 bits per heavy atom. The van der Waals surface area contributed by atoms with E-state index in [0.29, 0.717) is 21.7 Å². The molecule has 25 heavy (non-hydrogen) atoms. The fraction of sp³-hybridized carbons (Fsp3) is 0.0526. The van der Waals surface area contributed by atoms with Gasteiger partial charge in [0.05, 0.1) is 4.88 Å². The van der Waals surface area contributed by atoms with E-state index in [1.807, 2.05) is 11.4 Å². The number of amides is 2. The molecule has 0 fully saturated rings. The van der Waals surface area contributed by atoms with Crippen molar-refractivity contribution in [2.24, 2.45) is 0 Å². The number of hydrogen-bond donors (Lipinski definition) is 3. The maximum Gasteiger partial charge on any atom is 0.265 e. The van der Waals surface area contributed by atoms with Gasteiger partial charge >= 0.3 is 0 Å². The van der Waals surface area contributed by atoms with E-state index in [9.17, 15) is 14.7 Å². The van der Waals surface area contributed by atoms with Crippen LogP contribution in [0.1, 0.15) is 25.6 Å². The van der Waals surface area contributed by atoms with Gasteiger partial charge in [0.25, 0.3) is 11.8 Å². The third-order valence-electron chi connectivity index (χ3n) is 3.56. The SMILES string of the molecule is O=C(NCc1ccccc1O)c1cccc(NC(=O)c2cccs2)c1. The van der Waals surface area contributed by atoms with Crippen molar-refractivity contribution in [3.63, 3.8) is 0 Å². The summed E-state index contributed by atoms with van der Waals surface area (Å²) >= 11 is 1.35. The summed E-state index contributed by atoms with van der Waals surface area (Å²) in [4.78, 5) is 25.0. The van der Waals surface area contributed by atoms with Crippen molar-refractivity contribution in [3.8, 4) is 5.75 Å². The van der Waals surface area contributed by atoms with Crippen LogP contribution in [0.3, 0.4) is 0 Å². The second kappa shape index (κ2) is 7.63. The van der Waals surface area contributed by atoms with Gasteiger partial charge in [0.1, 0.15) is 5.75 Å². The molecule has 3 rings (SSSR count). The van der Waals surface area contributed by atoms with Gasteiger partial charge in [0, 0.05) is 23.4 Å². The Labute approximate surface area is 148 Å². The van der Waals surface area contributed by atoms with E-state index >= 15 is 0 Å². The normalized spacial score (nSPS) is 10.2. The summed E-state index contributed by atoms with van der Waals surface area (Å²) in [5, 5.41) is 17.1. The van der Waals surface area contributed by atoms with Crippen molar-refractivity contribution in [2.45, 2.75) is 6.54 Å². The van der Waals surface area contributed by atoms with Gasteiger partial charge in [-0.05, 0) is 35.7 Å². The Hall–Kier alpha value is -3.12. The molecular formula is C19H16N2O3S. The van der Waals surface area contributed by atoms with Crippen molar-refractivity contribution < 1.29 is 14.7 Å². The number of benzene rings is 2. The van der Waals surface area contributed by atoms with E-state index in [-0.39, 0.29) is 24.1 Å². The molecule has 0 unspecified atom stereocenters. The Morgan fingerprint density at radius 3 is 2.56 bits per heavy atom. The summed E-state index contributed by atoms with van der Waals surface area (Å²) in [5.74, 6) is -0.350. The number of carbonyl (C=O) groups is 2. The number of aromatic hydroxyl groups is 1. The van der Waals surface area contributed by atoms with Crippen LogP contribution in [0.15, 0.2) is 66.0 Å². The van der Waals surface area contributed by atoms with E-state index in [4.69, 9.17) is 0 Å². The van der Waals surface area contributed by atoms with E-state index in [1.54, 1.807) is 54.6 Å². The van der Waals surface area contributed by atoms with Crippen LogP contribution in [-0.2, 0) is 6.54 Å². The fourth-order valence-electron chi connectivity index (χ4n) is 2.28. The molecule has 0 aliphatic carbocycles. The number of phenolic OH excluding ortho intramolecular Hbond substituents is 1. The number of carbonyl (C=O) groups excluding carboxylic acids is 2. The Balaban J connectivity index is 1.65. The number of thiophene rings is 1. The second-order valence-electron chi connectivity index (χ2n) is 5.32. The molecule has 0 aliphatic rings. The third-order valence-corrected chi connectivity index (χ3v) is 4.43. The van der Waals surface area contributed by atoms with Crippen molar-refractivity contribution >= 4 is 28.8 Å².